The molecule has 5 heteroatoms. The Morgan fingerprint density at radius 1 is 1.12 bits per heavy atom. The second-order valence-corrected chi connectivity index (χ2v) is 6.13. The van der Waals surface area contributed by atoms with Crippen molar-refractivity contribution in [2.24, 2.45) is 0 Å². The molecule has 1 atom stereocenters. The van der Waals surface area contributed by atoms with Crippen molar-refractivity contribution in [2.75, 3.05) is 20.8 Å². The van der Waals surface area contributed by atoms with Gasteiger partial charge in [-0.15, -0.1) is 0 Å². The fourth-order valence-electron chi connectivity index (χ4n) is 3.26. The molecule has 1 aliphatic carbocycles. The zero-order chi connectivity index (χ0) is 17.6. The van der Waals surface area contributed by atoms with Crippen LogP contribution in [0.1, 0.15) is 29.2 Å². The van der Waals surface area contributed by atoms with Gasteiger partial charge in [0.15, 0.2) is 11.5 Å². The van der Waals surface area contributed by atoms with Gasteiger partial charge in [-0.25, -0.2) is 4.79 Å². The van der Waals surface area contributed by atoms with Crippen molar-refractivity contribution >= 4 is 6.03 Å². The number of carbonyl (C=O) groups is 1. The minimum Gasteiger partial charge on any atom is -0.493 e. The summed E-state index contributed by atoms with van der Waals surface area (Å²) in [6.07, 6.45) is 2.63. The number of hydrogen-bond acceptors (Lipinski definition) is 3. The van der Waals surface area contributed by atoms with Crippen LogP contribution in [0.25, 0.3) is 0 Å². The number of hydrogen-bond donors (Lipinski definition) is 2. The zero-order valence-electron chi connectivity index (χ0n) is 14.7. The summed E-state index contributed by atoms with van der Waals surface area (Å²) in [6.45, 7) is 0.612. The minimum atomic E-state index is -0.136. The first kappa shape index (κ1) is 17.1. The number of nitrogens with one attached hydrogen (secondary N) is 2. The predicted molar refractivity (Wildman–Crippen MR) is 97.3 cm³/mol. The van der Waals surface area contributed by atoms with Crippen molar-refractivity contribution in [1.82, 2.24) is 10.6 Å². The van der Waals surface area contributed by atoms with Crippen LogP contribution in [-0.4, -0.2) is 26.8 Å². The van der Waals surface area contributed by atoms with Gasteiger partial charge in [0.05, 0.1) is 20.3 Å². The van der Waals surface area contributed by atoms with E-state index in [-0.39, 0.29) is 12.1 Å². The highest BCUT2D eigenvalue weighted by atomic mass is 16.5. The van der Waals surface area contributed by atoms with Gasteiger partial charge >= 0.3 is 6.03 Å². The molecule has 2 aromatic carbocycles. The molecule has 0 saturated heterocycles. The van der Waals surface area contributed by atoms with E-state index in [2.05, 4.69) is 22.8 Å². The number of amides is 2. The van der Waals surface area contributed by atoms with Gasteiger partial charge in [-0.1, -0.05) is 30.3 Å². The molecular weight excluding hydrogens is 316 g/mol. The zero-order valence-corrected chi connectivity index (χ0v) is 14.7. The third-order valence-electron chi connectivity index (χ3n) is 4.57. The number of methoxy groups -OCH3 is 2. The summed E-state index contributed by atoms with van der Waals surface area (Å²) in [5.41, 5.74) is 3.52. The molecule has 0 heterocycles. The molecule has 0 aromatic heterocycles. The molecule has 2 aromatic rings. The van der Waals surface area contributed by atoms with Crippen LogP contribution < -0.4 is 20.1 Å². The first-order valence-corrected chi connectivity index (χ1v) is 8.54. The lowest BCUT2D eigenvalue weighted by Gasteiger charge is -2.16. The lowest BCUT2D eigenvalue weighted by atomic mass is 10.1. The van der Waals surface area contributed by atoms with Crippen LogP contribution in [0.3, 0.4) is 0 Å². The van der Waals surface area contributed by atoms with Crippen LogP contribution in [0, 0.1) is 0 Å². The standard InChI is InChI=1S/C20H24N2O3/c1-24-18-12-15-8-9-17(16(15)13-19(18)25-2)22-20(23)21-11-10-14-6-4-3-5-7-14/h3-7,12-13,17H,8-11H2,1-2H3,(H2,21,22,23)/t17-/m1/s1. The van der Waals surface area contributed by atoms with E-state index in [4.69, 9.17) is 9.47 Å². The maximum atomic E-state index is 12.2. The molecule has 5 nitrogen and oxygen atoms in total. The maximum Gasteiger partial charge on any atom is 0.315 e. The molecule has 0 spiro atoms. The van der Waals surface area contributed by atoms with Crippen molar-refractivity contribution in [3.63, 3.8) is 0 Å². The smallest absolute Gasteiger partial charge is 0.315 e. The Labute approximate surface area is 148 Å². The normalized spacial score (nSPS) is 15.4. The fraction of sp³-hybridized carbons (Fsp3) is 0.350. The number of aryl methyl sites for hydroxylation is 1. The Morgan fingerprint density at radius 2 is 1.84 bits per heavy atom. The molecule has 2 N–H and O–H groups in total. The van der Waals surface area contributed by atoms with Crippen LogP contribution in [0.5, 0.6) is 11.5 Å². The lowest BCUT2D eigenvalue weighted by molar-refractivity contribution is 0.237. The van der Waals surface area contributed by atoms with E-state index in [1.807, 2.05) is 30.3 Å². The summed E-state index contributed by atoms with van der Waals surface area (Å²) >= 11 is 0. The Kier molecular flexibility index (Phi) is 5.43. The van der Waals surface area contributed by atoms with Gasteiger partial charge in [0, 0.05) is 6.54 Å². The van der Waals surface area contributed by atoms with Crippen LogP contribution >= 0.6 is 0 Å². The predicted octanol–water partition coefficient (Wildman–Crippen LogP) is 3.23. The quantitative estimate of drug-likeness (QED) is 0.849. The van der Waals surface area contributed by atoms with Crippen molar-refractivity contribution in [1.29, 1.82) is 0 Å². The Bertz CT molecular complexity index is 731. The molecule has 132 valence electrons. The summed E-state index contributed by atoms with van der Waals surface area (Å²) < 4.78 is 10.7. The molecule has 0 radical (unpaired) electrons. The van der Waals surface area contributed by atoms with Gasteiger partial charge in [0.2, 0.25) is 0 Å². The molecule has 25 heavy (non-hydrogen) atoms. The van der Waals surface area contributed by atoms with Crippen molar-refractivity contribution in [2.45, 2.75) is 25.3 Å². The van der Waals surface area contributed by atoms with E-state index in [0.29, 0.717) is 12.3 Å². The molecule has 0 saturated carbocycles. The molecule has 2 amide bonds. The van der Waals surface area contributed by atoms with E-state index >= 15 is 0 Å². The van der Waals surface area contributed by atoms with Crippen LogP contribution in [-0.2, 0) is 12.8 Å². The van der Waals surface area contributed by atoms with E-state index < -0.39 is 0 Å². The van der Waals surface area contributed by atoms with E-state index in [1.165, 1.54) is 11.1 Å². The molecule has 1 aliphatic rings. The SMILES string of the molecule is COc1cc2c(cc1OC)[C@H](NC(=O)NCCc1ccccc1)CC2. The average molecular weight is 340 g/mol. The van der Waals surface area contributed by atoms with Crippen molar-refractivity contribution in [3.8, 4) is 11.5 Å². The number of fused-ring (bicyclic) bond motifs is 1. The summed E-state index contributed by atoms with van der Waals surface area (Å²) in [5, 5.41) is 6.00. The van der Waals surface area contributed by atoms with Gasteiger partial charge in [-0.05, 0) is 48.1 Å². The molecule has 0 fully saturated rings. The second-order valence-electron chi connectivity index (χ2n) is 6.13. The molecule has 0 unspecified atom stereocenters. The Balaban J connectivity index is 1.57. The summed E-state index contributed by atoms with van der Waals surface area (Å²) in [6, 6.07) is 14.0. The van der Waals surface area contributed by atoms with Crippen LogP contribution in [0.2, 0.25) is 0 Å². The van der Waals surface area contributed by atoms with Gasteiger partial charge < -0.3 is 20.1 Å². The van der Waals surface area contributed by atoms with Crippen molar-refractivity contribution in [3.05, 3.63) is 59.2 Å². The summed E-state index contributed by atoms with van der Waals surface area (Å²) in [4.78, 5) is 12.2. The largest absolute Gasteiger partial charge is 0.493 e. The van der Waals surface area contributed by atoms with Gasteiger partial charge in [-0.2, -0.15) is 0 Å². The van der Waals surface area contributed by atoms with Crippen LogP contribution in [0.4, 0.5) is 4.79 Å². The first-order chi connectivity index (χ1) is 12.2. The first-order valence-electron chi connectivity index (χ1n) is 8.54. The summed E-state index contributed by atoms with van der Waals surface area (Å²) in [7, 11) is 3.26. The van der Waals surface area contributed by atoms with Crippen LogP contribution in [0.15, 0.2) is 42.5 Å². The molecular formula is C20H24N2O3. The van der Waals surface area contributed by atoms with E-state index in [1.54, 1.807) is 14.2 Å². The van der Waals surface area contributed by atoms with Crippen molar-refractivity contribution < 1.29 is 14.3 Å². The van der Waals surface area contributed by atoms with E-state index in [0.717, 1.165) is 30.6 Å². The highest BCUT2D eigenvalue weighted by molar-refractivity contribution is 5.74. The van der Waals surface area contributed by atoms with Gasteiger partial charge in [-0.3, -0.25) is 0 Å². The minimum absolute atomic E-state index is 0.00605. The molecule has 0 bridgehead atoms. The van der Waals surface area contributed by atoms with Gasteiger partial charge in [0.1, 0.15) is 0 Å². The number of urea groups is 1. The average Bonchev–Trinajstić information content (AvgIpc) is 3.03. The number of rotatable bonds is 6. The Morgan fingerprint density at radius 3 is 2.56 bits per heavy atom. The number of carbonyl (C=O) groups excluding carboxylic acids is 1. The third-order valence-corrected chi connectivity index (χ3v) is 4.57. The fourth-order valence-corrected chi connectivity index (χ4v) is 3.26. The van der Waals surface area contributed by atoms with Gasteiger partial charge in [0.25, 0.3) is 0 Å². The monoisotopic (exact) mass is 340 g/mol. The third kappa shape index (κ3) is 4.05. The lowest BCUT2D eigenvalue weighted by Crippen LogP contribution is -2.38. The molecule has 0 aliphatic heterocycles. The number of ether oxygens (including phenoxy) is 2. The maximum absolute atomic E-state index is 12.2. The second kappa shape index (κ2) is 7.92. The Hall–Kier alpha value is -2.69. The number of benzene rings is 2. The molecule has 3 rings (SSSR count). The topological polar surface area (TPSA) is 59.6 Å². The summed E-state index contributed by atoms with van der Waals surface area (Å²) in [5.74, 6) is 1.42. The highest BCUT2D eigenvalue weighted by Crippen LogP contribution is 2.39. The highest BCUT2D eigenvalue weighted by Gasteiger charge is 2.26. The van der Waals surface area contributed by atoms with E-state index in [9.17, 15) is 4.79 Å².